The van der Waals surface area contributed by atoms with E-state index in [9.17, 15) is 14.8 Å². The molecule has 0 rings (SSSR count). The fraction of sp³-hybridized carbons (Fsp3) is 0.921. The van der Waals surface area contributed by atoms with Crippen molar-refractivity contribution in [2.75, 3.05) is 19.8 Å². The third kappa shape index (κ3) is 33.3. The zero-order valence-electron chi connectivity index (χ0n) is 30.4. The Labute approximate surface area is 286 Å². The van der Waals surface area contributed by atoms with Crippen molar-refractivity contribution in [3.63, 3.8) is 0 Å². The number of carbonyl (C=O) groups excluding carboxylic acids is 1. The summed E-state index contributed by atoms with van der Waals surface area (Å²) in [6.45, 7) is 4.98. The van der Waals surface area contributed by atoms with Crippen molar-refractivity contribution in [3.8, 4) is 0 Å². The number of aliphatic hydroxyl groups excluding tert-OH is 1. The van der Waals surface area contributed by atoms with E-state index < -0.39 is 20.7 Å². The molecule has 1 amide bonds. The van der Waals surface area contributed by atoms with Gasteiger partial charge in [-0.25, -0.2) is 0 Å². The standard InChI is InChI=1S/C38H77N2O5P/c1-3-5-7-9-11-13-15-17-18-20-22-24-26-28-30-32-38(42)40-36(35-45-46(43)44-34-33-39)37(41)31-29-27-25-23-21-19-16-14-12-10-8-6-4-2/h29,31,36-37,41,43H,3-28,30,32-35,39H2,1-2H3,(H,40,42)/b31-29+. The molecule has 0 spiro atoms. The largest absolute Gasteiger partial charge is 0.387 e. The highest BCUT2D eigenvalue weighted by Crippen LogP contribution is 2.32. The number of hydrogen-bond donors (Lipinski definition) is 4. The topological polar surface area (TPSA) is 114 Å². The van der Waals surface area contributed by atoms with Crippen LogP contribution in [-0.2, 0) is 13.8 Å². The molecule has 46 heavy (non-hydrogen) atoms. The van der Waals surface area contributed by atoms with Crippen molar-refractivity contribution >= 4 is 14.5 Å². The lowest BCUT2D eigenvalue weighted by molar-refractivity contribution is -0.122. The van der Waals surface area contributed by atoms with Crippen molar-refractivity contribution in [3.05, 3.63) is 12.2 Å². The van der Waals surface area contributed by atoms with Crippen LogP contribution in [0.4, 0.5) is 0 Å². The Morgan fingerprint density at radius 1 is 0.674 bits per heavy atom. The van der Waals surface area contributed by atoms with E-state index in [-0.39, 0.29) is 25.7 Å². The number of hydrogen-bond acceptors (Lipinski definition) is 6. The maximum absolute atomic E-state index is 12.7. The Morgan fingerprint density at radius 3 is 1.52 bits per heavy atom. The second kappa shape index (κ2) is 37.3. The Balaban J connectivity index is 4.14. The normalized spacial score (nSPS) is 13.8. The first-order chi connectivity index (χ1) is 22.5. The molecule has 7 nitrogen and oxygen atoms in total. The van der Waals surface area contributed by atoms with E-state index in [1.54, 1.807) is 6.08 Å². The van der Waals surface area contributed by atoms with Crippen LogP contribution in [0.1, 0.15) is 194 Å². The molecule has 0 aromatic rings. The average molecular weight is 673 g/mol. The van der Waals surface area contributed by atoms with E-state index in [2.05, 4.69) is 19.2 Å². The number of allylic oxidation sites excluding steroid dienone is 1. The van der Waals surface area contributed by atoms with E-state index >= 15 is 0 Å². The number of unbranched alkanes of at least 4 members (excludes halogenated alkanes) is 25. The molecule has 0 bridgehead atoms. The van der Waals surface area contributed by atoms with Gasteiger partial charge in [-0.2, -0.15) is 0 Å². The maximum Gasteiger partial charge on any atom is 0.329 e. The lowest BCUT2D eigenvalue weighted by Gasteiger charge is -2.23. The van der Waals surface area contributed by atoms with E-state index in [0.29, 0.717) is 6.42 Å². The molecule has 8 heteroatoms. The van der Waals surface area contributed by atoms with Crippen LogP contribution in [0.3, 0.4) is 0 Å². The molecule has 0 saturated carbocycles. The first kappa shape index (κ1) is 45.4. The van der Waals surface area contributed by atoms with Crippen LogP contribution in [0.2, 0.25) is 0 Å². The van der Waals surface area contributed by atoms with Crippen LogP contribution in [0.25, 0.3) is 0 Å². The third-order valence-corrected chi connectivity index (χ3v) is 9.53. The number of carbonyl (C=O) groups is 1. The molecule has 0 radical (unpaired) electrons. The summed E-state index contributed by atoms with van der Waals surface area (Å²) in [7, 11) is -2.10. The summed E-state index contributed by atoms with van der Waals surface area (Å²) in [5.74, 6) is -0.0914. The van der Waals surface area contributed by atoms with Crippen LogP contribution in [0.5, 0.6) is 0 Å². The second-order valence-electron chi connectivity index (χ2n) is 13.3. The SMILES string of the molecule is CCCCCCCCCCCCC/C=C/C(O)C(COP(O)OCCN)NC(=O)CCCCCCCCCCCCCCCCC. The molecule has 0 aliphatic rings. The van der Waals surface area contributed by atoms with Crippen molar-refractivity contribution in [1.82, 2.24) is 5.32 Å². The average Bonchev–Trinajstić information content (AvgIpc) is 3.05. The van der Waals surface area contributed by atoms with Crippen LogP contribution in [0.15, 0.2) is 12.2 Å². The molecule has 3 atom stereocenters. The Morgan fingerprint density at radius 2 is 1.09 bits per heavy atom. The van der Waals surface area contributed by atoms with Gasteiger partial charge in [-0.05, 0) is 19.3 Å². The molecule has 0 aliphatic heterocycles. The van der Waals surface area contributed by atoms with Gasteiger partial charge in [0.05, 0.1) is 25.4 Å². The van der Waals surface area contributed by atoms with Gasteiger partial charge >= 0.3 is 8.60 Å². The number of amides is 1. The first-order valence-corrected chi connectivity index (χ1v) is 20.8. The zero-order chi connectivity index (χ0) is 33.8. The van der Waals surface area contributed by atoms with Gasteiger partial charge in [-0.15, -0.1) is 0 Å². The maximum atomic E-state index is 12.7. The van der Waals surface area contributed by atoms with Crippen LogP contribution >= 0.6 is 8.60 Å². The van der Waals surface area contributed by atoms with Crippen LogP contribution in [0, 0.1) is 0 Å². The van der Waals surface area contributed by atoms with E-state index in [0.717, 1.165) is 32.1 Å². The molecule has 0 heterocycles. The third-order valence-electron chi connectivity index (χ3n) is 8.76. The molecular formula is C38H77N2O5P. The summed E-state index contributed by atoms with van der Waals surface area (Å²) in [6, 6.07) is -0.643. The smallest absolute Gasteiger partial charge is 0.329 e. The van der Waals surface area contributed by atoms with Crippen molar-refractivity contribution < 1.29 is 23.8 Å². The van der Waals surface area contributed by atoms with Crippen LogP contribution < -0.4 is 11.1 Å². The molecule has 0 saturated heterocycles. The van der Waals surface area contributed by atoms with E-state index in [1.165, 1.54) is 141 Å². The van der Waals surface area contributed by atoms with E-state index in [1.807, 2.05) is 6.08 Å². The molecule has 0 aromatic heterocycles. The Hall–Kier alpha value is -0.560. The summed E-state index contributed by atoms with van der Waals surface area (Å²) < 4.78 is 10.5. The van der Waals surface area contributed by atoms with Gasteiger partial charge in [0, 0.05) is 13.0 Å². The predicted octanol–water partition coefficient (Wildman–Crippen LogP) is 10.6. The summed E-state index contributed by atoms with van der Waals surface area (Å²) >= 11 is 0. The highest BCUT2D eigenvalue weighted by atomic mass is 31.2. The molecule has 5 N–H and O–H groups in total. The lowest BCUT2D eigenvalue weighted by Crippen LogP contribution is -2.45. The van der Waals surface area contributed by atoms with Crippen molar-refractivity contribution in [2.24, 2.45) is 5.73 Å². The van der Waals surface area contributed by atoms with Gasteiger partial charge in [0.15, 0.2) is 0 Å². The van der Waals surface area contributed by atoms with Gasteiger partial charge in [0.2, 0.25) is 5.91 Å². The van der Waals surface area contributed by atoms with Gasteiger partial charge < -0.3 is 30.1 Å². The highest BCUT2D eigenvalue weighted by molar-refractivity contribution is 7.40. The minimum atomic E-state index is -2.10. The van der Waals surface area contributed by atoms with Gasteiger partial charge in [0.25, 0.3) is 0 Å². The number of rotatable bonds is 37. The van der Waals surface area contributed by atoms with Gasteiger partial charge in [-0.3, -0.25) is 4.79 Å². The lowest BCUT2D eigenvalue weighted by atomic mass is 10.0. The fourth-order valence-corrected chi connectivity index (χ4v) is 6.39. The first-order valence-electron chi connectivity index (χ1n) is 19.6. The molecule has 274 valence electrons. The number of nitrogens with one attached hydrogen (secondary N) is 1. The summed E-state index contributed by atoms with van der Waals surface area (Å²) in [6.07, 6.45) is 37.9. The summed E-state index contributed by atoms with van der Waals surface area (Å²) in [5.41, 5.74) is 5.43. The zero-order valence-corrected chi connectivity index (χ0v) is 31.3. The summed E-state index contributed by atoms with van der Waals surface area (Å²) in [4.78, 5) is 22.6. The molecule has 0 aromatic carbocycles. The predicted molar refractivity (Wildman–Crippen MR) is 198 cm³/mol. The fourth-order valence-electron chi connectivity index (χ4n) is 5.77. The van der Waals surface area contributed by atoms with Crippen LogP contribution in [-0.4, -0.2) is 47.8 Å². The van der Waals surface area contributed by atoms with Gasteiger partial charge in [0.1, 0.15) is 0 Å². The number of nitrogens with two attached hydrogens (primary N) is 1. The minimum Gasteiger partial charge on any atom is -0.387 e. The quantitative estimate of drug-likeness (QED) is 0.0297. The monoisotopic (exact) mass is 673 g/mol. The van der Waals surface area contributed by atoms with Crippen molar-refractivity contribution in [1.29, 1.82) is 0 Å². The molecular weight excluding hydrogens is 595 g/mol. The van der Waals surface area contributed by atoms with E-state index in [4.69, 9.17) is 14.8 Å². The van der Waals surface area contributed by atoms with Gasteiger partial charge in [-0.1, -0.05) is 180 Å². The Bertz CT molecular complexity index is 655. The second-order valence-corrected chi connectivity index (χ2v) is 14.3. The minimum absolute atomic E-state index is 0.0265. The molecule has 3 unspecified atom stereocenters. The van der Waals surface area contributed by atoms with Crippen molar-refractivity contribution in [2.45, 2.75) is 206 Å². The highest BCUT2D eigenvalue weighted by Gasteiger charge is 2.21. The Kier molecular flexibility index (Phi) is 36.8. The molecule has 0 fully saturated rings. The summed E-state index contributed by atoms with van der Waals surface area (Å²) in [5, 5.41) is 13.7. The number of aliphatic hydroxyl groups is 1. The molecule has 0 aliphatic carbocycles.